The number of hydrogen-bond donors (Lipinski definition) is 2. The lowest BCUT2D eigenvalue weighted by atomic mass is 9.79. The molecule has 6 heteroatoms. The molecule has 2 atom stereocenters. The number of thiocarbonyl (C=S) groups is 1. The largest absolute Gasteiger partial charge is 0.392 e. The van der Waals surface area contributed by atoms with Gasteiger partial charge < -0.3 is 20.5 Å². The highest BCUT2D eigenvalue weighted by Gasteiger charge is 2.43. The number of nitrogens with two attached hydrogens (primary N) is 1. The van der Waals surface area contributed by atoms with Crippen molar-refractivity contribution in [1.29, 1.82) is 0 Å². The van der Waals surface area contributed by atoms with Gasteiger partial charge in [-0.15, -0.1) is 0 Å². The maximum absolute atomic E-state index is 12.5. The van der Waals surface area contributed by atoms with Crippen molar-refractivity contribution in [3.8, 4) is 0 Å². The lowest BCUT2D eigenvalue weighted by Crippen LogP contribution is -2.55. The van der Waals surface area contributed by atoms with Crippen molar-refractivity contribution in [3.05, 3.63) is 0 Å². The van der Waals surface area contributed by atoms with Gasteiger partial charge in [-0.25, -0.2) is 0 Å². The van der Waals surface area contributed by atoms with Gasteiger partial charge in [0.15, 0.2) is 0 Å². The van der Waals surface area contributed by atoms with E-state index >= 15 is 0 Å². The Morgan fingerprint density at radius 2 is 2.11 bits per heavy atom. The number of hydrogen-bond acceptors (Lipinski definition) is 4. The second-order valence-corrected chi connectivity index (χ2v) is 5.81. The predicted octanol–water partition coefficient (Wildman–Crippen LogP) is 0.753. The summed E-state index contributed by atoms with van der Waals surface area (Å²) in [4.78, 5) is 12.8. The van der Waals surface area contributed by atoms with E-state index in [4.69, 9.17) is 27.4 Å². The van der Waals surface area contributed by atoms with Gasteiger partial charge in [0.05, 0.1) is 17.1 Å². The van der Waals surface area contributed by atoms with E-state index in [2.05, 4.69) is 5.32 Å². The Morgan fingerprint density at radius 1 is 1.42 bits per heavy atom. The first-order valence-electron chi connectivity index (χ1n) is 6.86. The third kappa shape index (κ3) is 3.07. The average molecular weight is 286 g/mol. The third-order valence-corrected chi connectivity index (χ3v) is 4.52. The molecule has 0 spiro atoms. The number of carbonyl (C=O) groups is 1. The molecule has 2 aliphatic rings. The Morgan fingerprint density at radius 3 is 2.63 bits per heavy atom. The highest BCUT2D eigenvalue weighted by molar-refractivity contribution is 7.80. The Bertz CT molecular complexity index is 350. The first kappa shape index (κ1) is 14.7. The zero-order chi connectivity index (χ0) is 13.9. The van der Waals surface area contributed by atoms with Crippen molar-refractivity contribution >= 4 is 23.1 Å². The van der Waals surface area contributed by atoms with Crippen LogP contribution in [0.1, 0.15) is 32.6 Å². The molecule has 0 aliphatic carbocycles. The van der Waals surface area contributed by atoms with E-state index in [1.165, 1.54) is 0 Å². The van der Waals surface area contributed by atoms with Crippen LogP contribution in [0.5, 0.6) is 0 Å². The van der Waals surface area contributed by atoms with Crippen molar-refractivity contribution in [2.24, 2.45) is 11.1 Å². The Labute approximate surface area is 119 Å². The first-order valence-corrected chi connectivity index (χ1v) is 7.27. The predicted molar refractivity (Wildman–Crippen MR) is 75.9 cm³/mol. The van der Waals surface area contributed by atoms with Crippen LogP contribution in [0, 0.1) is 5.41 Å². The molecule has 19 heavy (non-hydrogen) atoms. The van der Waals surface area contributed by atoms with Gasteiger partial charge in [0.25, 0.3) is 0 Å². The minimum atomic E-state index is -0.750. The number of rotatable bonds is 4. The van der Waals surface area contributed by atoms with Gasteiger partial charge in [0.2, 0.25) is 5.91 Å². The molecular weight excluding hydrogens is 264 g/mol. The molecule has 0 aromatic rings. The van der Waals surface area contributed by atoms with Crippen LogP contribution in [-0.2, 0) is 14.3 Å². The van der Waals surface area contributed by atoms with E-state index < -0.39 is 5.41 Å². The van der Waals surface area contributed by atoms with E-state index in [-0.39, 0.29) is 23.0 Å². The van der Waals surface area contributed by atoms with Gasteiger partial charge in [-0.3, -0.25) is 4.79 Å². The van der Waals surface area contributed by atoms with E-state index in [0.717, 1.165) is 19.4 Å². The molecule has 2 fully saturated rings. The monoisotopic (exact) mass is 286 g/mol. The van der Waals surface area contributed by atoms with Crippen LogP contribution >= 0.6 is 12.2 Å². The molecule has 0 aromatic carbocycles. The molecule has 0 aromatic heterocycles. The van der Waals surface area contributed by atoms with E-state index in [9.17, 15) is 4.79 Å². The summed E-state index contributed by atoms with van der Waals surface area (Å²) in [6.45, 7) is 3.80. The number of carbonyl (C=O) groups excluding carboxylic acids is 1. The molecule has 0 saturated carbocycles. The van der Waals surface area contributed by atoms with E-state index in [0.29, 0.717) is 26.1 Å². The molecule has 3 N–H and O–H groups in total. The molecule has 0 bridgehead atoms. The molecule has 1 amide bonds. The maximum atomic E-state index is 12.5. The maximum Gasteiger partial charge on any atom is 0.233 e. The van der Waals surface area contributed by atoms with Gasteiger partial charge in [-0.2, -0.15) is 0 Å². The lowest BCUT2D eigenvalue weighted by molar-refractivity contribution is -0.132. The Kier molecular flexibility index (Phi) is 4.76. The number of amides is 1. The van der Waals surface area contributed by atoms with E-state index in [1.807, 2.05) is 6.92 Å². The van der Waals surface area contributed by atoms with Crippen LogP contribution < -0.4 is 11.1 Å². The summed E-state index contributed by atoms with van der Waals surface area (Å²) < 4.78 is 10.9. The van der Waals surface area contributed by atoms with Gasteiger partial charge in [0.1, 0.15) is 5.41 Å². The van der Waals surface area contributed by atoms with Crippen LogP contribution in [0.25, 0.3) is 0 Å². The molecule has 2 unspecified atom stereocenters. The molecule has 108 valence electrons. The normalized spacial score (nSPS) is 27.7. The molecule has 2 saturated heterocycles. The first-order chi connectivity index (χ1) is 9.06. The molecule has 2 heterocycles. The van der Waals surface area contributed by atoms with Crippen LogP contribution in [0.4, 0.5) is 0 Å². The van der Waals surface area contributed by atoms with E-state index in [1.54, 1.807) is 0 Å². The van der Waals surface area contributed by atoms with Crippen molar-refractivity contribution in [2.75, 3.05) is 19.8 Å². The topological polar surface area (TPSA) is 73.6 Å². The second-order valence-electron chi connectivity index (χ2n) is 5.37. The molecule has 2 rings (SSSR count). The smallest absolute Gasteiger partial charge is 0.233 e. The summed E-state index contributed by atoms with van der Waals surface area (Å²) in [5.41, 5.74) is 5.07. The summed E-state index contributed by atoms with van der Waals surface area (Å²) >= 11 is 5.12. The number of nitrogens with one attached hydrogen (secondary N) is 1. The third-order valence-electron chi connectivity index (χ3n) is 4.13. The Balaban J connectivity index is 2.01. The fourth-order valence-corrected chi connectivity index (χ4v) is 3.04. The minimum absolute atomic E-state index is 0.0101. The minimum Gasteiger partial charge on any atom is -0.392 e. The second kappa shape index (κ2) is 6.15. The molecule has 5 nitrogen and oxygen atoms in total. The van der Waals surface area contributed by atoms with Gasteiger partial charge >= 0.3 is 0 Å². The zero-order valence-corrected chi connectivity index (χ0v) is 12.1. The number of ether oxygens (including phenoxy) is 2. The molecular formula is C13H22N2O3S. The fourth-order valence-electron chi connectivity index (χ4n) is 2.74. The summed E-state index contributed by atoms with van der Waals surface area (Å²) in [5, 5.41) is 3.03. The molecule has 2 aliphatic heterocycles. The fraction of sp³-hybridized carbons (Fsp3) is 0.846. The van der Waals surface area contributed by atoms with Crippen molar-refractivity contribution in [1.82, 2.24) is 5.32 Å². The SMILES string of the molecule is CC(NC(=O)C1(C(N)=S)CCOCC1)C1CCCO1. The lowest BCUT2D eigenvalue weighted by Gasteiger charge is -2.36. The van der Waals surface area contributed by atoms with Gasteiger partial charge in [-0.1, -0.05) is 12.2 Å². The summed E-state index contributed by atoms with van der Waals surface area (Å²) in [7, 11) is 0. The van der Waals surface area contributed by atoms with Gasteiger partial charge in [0, 0.05) is 19.8 Å². The van der Waals surface area contributed by atoms with Crippen LogP contribution in [0.3, 0.4) is 0 Å². The highest BCUT2D eigenvalue weighted by Crippen LogP contribution is 2.31. The van der Waals surface area contributed by atoms with Gasteiger partial charge in [-0.05, 0) is 32.6 Å². The molecule has 0 radical (unpaired) electrons. The van der Waals surface area contributed by atoms with Crippen molar-refractivity contribution in [3.63, 3.8) is 0 Å². The summed E-state index contributed by atoms with van der Waals surface area (Å²) in [6, 6.07) is -0.0101. The standard InChI is InChI=1S/C13H22N2O3S/c1-9(10-3-2-6-18-10)15-12(16)13(11(14)19)4-7-17-8-5-13/h9-10H,2-8H2,1H3,(H2,14,19)(H,15,16). The van der Waals surface area contributed by atoms with Crippen molar-refractivity contribution in [2.45, 2.75) is 44.8 Å². The highest BCUT2D eigenvalue weighted by atomic mass is 32.1. The average Bonchev–Trinajstić information content (AvgIpc) is 2.93. The van der Waals surface area contributed by atoms with Crippen LogP contribution in [0.2, 0.25) is 0 Å². The zero-order valence-electron chi connectivity index (χ0n) is 11.3. The Hall–Kier alpha value is -0.720. The van der Waals surface area contributed by atoms with Crippen molar-refractivity contribution < 1.29 is 14.3 Å². The quantitative estimate of drug-likeness (QED) is 0.746. The summed E-state index contributed by atoms with van der Waals surface area (Å²) in [5.74, 6) is -0.0775. The van der Waals surface area contributed by atoms with Crippen LogP contribution in [-0.4, -0.2) is 42.9 Å². The van der Waals surface area contributed by atoms with Crippen LogP contribution in [0.15, 0.2) is 0 Å². The summed E-state index contributed by atoms with van der Waals surface area (Å²) in [6.07, 6.45) is 3.27.